The fourth-order valence-electron chi connectivity index (χ4n) is 2.05. The van der Waals surface area contributed by atoms with Crippen molar-refractivity contribution in [3.8, 4) is 0 Å². The predicted octanol–water partition coefficient (Wildman–Crippen LogP) is 2.15. The lowest BCUT2D eigenvalue weighted by Gasteiger charge is -2.11. The first-order valence-electron chi connectivity index (χ1n) is 7.18. The topological polar surface area (TPSA) is 104 Å². The van der Waals surface area contributed by atoms with E-state index in [4.69, 9.17) is 0 Å². The first-order chi connectivity index (χ1) is 11.4. The monoisotopic (exact) mass is 346 g/mol. The number of carbonyl (C=O) groups is 2. The number of hydrogen-bond acceptors (Lipinski definition) is 5. The Bertz CT molecular complexity index is 832. The number of aryl methyl sites for hydroxylation is 1. The van der Waals surface area contributed by atoms with Gasteiger partial charge in [0.15, 0.2) is 0 Å². The summed E-state index contributed by atoms with van der Waals surface area (Å²) < 4.78 is 0. The second kappa shape index (κ2) is 7.78. The molecule has 1 aromatic heterocycles. The molecular weight excluding hydrogens is 328 g/mol. The zero-order valence-corrected chi connectivity index (χ0v) is 14.4. The van der Waals surface area contributed by atoms with Crippen molar-refractivity contribution in [3.63, 3.8) is 0 Å². The van der Waals surface area contributed by atoms with Crippen LogP contribution in [0.25, 0.3) is 0 Å². The van der Waals surface area contributed by atoms with E-state index in [1.54, 1.807) is 18.2 Å². The number of amides is 2. The second-order valence-corrected chi connectivity index (χ2v) is 6.04. The molecule has 0 aliphatic heterocycles. The van der Waals surface area contributed by atoms with E-state index in [2.05, 4.69) is 20.6 Å². The normalized spacial score (nSPS) is 10.3. The summed E-state index contributed by atoms with van der Waals surface area (Å²) in [4.78, 5) is 41.9. The zero-order valence-electron chi connectivity index (χ0n) is 13.6. The molecule has 0 saturated carbocycles. The number of carbonyl (C=O) groups excluding carboxylic acids is 2. The van der Waals surface area contributed by atoms with Gasteiger partial charge in [0.2, 0.25) is 5.91 Å². The largest absolute Gasteiger partial charge is 0.326 e. The highest BCUT2D eigenvalue weighted by molar-refractivity contribution is 7.97. The molecule has 24 heavy (non-hydrogen) atoms. The Morgan fingerprint density at radius 2 is 2.00 bits per heavy atom. The van der Waals surface area contributed by atoms with Gasteiger partial charge in [0.25, 0.3) is 11.5 Å². The summed E-state index contributed by atoms with van der Waals surface area (Å²) in [7, 11) is 0. The lowest BCUT2D eigenvalue weighted by atomic mass is 10.1. The zero-order chi connectivity index (χ0) is 17.7. The maximum Gasteiger partial charge on any atom is 0.274 e. The van der Waals surface area contributed by atoms with Crippen molar-refractivity contribution in [2.45, 2.75) is 19.6 Å². The van der Waals surface area contributed by atoms with E-state index in [9.17, 15) is 14.4 Å². The summed E-state index contributed by atoms with van der Waals surface area (Å²) in [5, 5.41) is 5.38. The van der Waals surface area contributed by atoms with Crippen LogP contribution in [0.15, 0.2) is 29.1 Å². The van der Waals surface area contributed by atoms with Crippen LogP contribution < -0.4 is 16.2 Å². The lowest BCUT2D eigenvalue weighted by Crippen LogP contribution is -2.20. The summed E-state index contributed by atoms with van der Waals surface area (Å²) >= 11 is 1.49. The Kier molecular flexibility index (Phi) is 5.75. The van der Waals surface area contributed by atoms with E-state index in [1.807, 2.05) is 13.2 Å². The molecule has 2 rings (SSSR count). The van der Waals surface area contributed by atoms with E-state index >= 15 is 0 Å². The summed E-state index contributed by atoms with van der Waals surface area (Å²) in [6.45, 7) is 3.24. The molecule has 0 bridgehead atoms. The molecule has 1 heterocycles. The van der Waals surface area contributed by atoms with Gasteiger partial charge in [0.1, 0.15) is 11.5 Å². The van der Waals surface area contributed by atoms with Gasteiger partial charge in [0, 0.05) is 24.4 Å². The summed E-state index contributed by atoms with van der Waals surface area (Å²) in [5.41, 5.74) is 1.62. The molecule has 2 amide bonds. The maximum absolute atomic E-state index is 12.4. The van der Waals surface area contributed by atoms with Crippen LogP contribution in [0.3, 0.4) is 0 Å². The molecule has 0 saturated heterocycles. The molecule has 7 nitrogen and oxygen atoms in total. The highest BCUT2D eigenvalue weighted by Gasteiger charge is 2.12. The number of thioether (sulfide) groups is 1. The number of nitrogens with zero attached hydrogens (tertiary/aromatic N) is 1. The summed E-state index contributed by atoms with van der Waals surface area (Å²) in [6, 6.07) is 6.34. The summed E-state index contributed by atoms with van der Waals surface area (Å²) in [5.74, 6) is 0.275. The Morgan fingerprint density at radius 1 is 1.25 bits per heavy atom. The molecular formula is C16H18N4O3S. The Balaban J connectivity index is 2.26. The third-order valence-electron chi connectivity index (χ3n) is 3.11. The van der Waals surface area contributed by atoms with Crippen LogP contribution >= 0.6 is 11.8 Å². The Hall–Kier alpha value is -2.61. The Morgan fingerprint density at radius 3 is 2.67 bits per heavy atom. The molecule has 1 aromatic carbocycles. The molecule has 0 fully saturated rings. The van der Waals surface area contributed by atoms with Gasteiger partial charge in [-0.25, -0.2) is 4.98 Å². The van der Waals surface area contributed by atoms with Gasteiger partial charge in [-0.15, -0.1) is 0 Å². The number of anilines is 2. The minimum Gasteiger partial charge on any atom is -0.326 e. The van der Waals surface area contributed by atoms with Gasteiger partial charge >= 0.3 is 0 Å². The van der Waals surface area contributed by atoms with Gasteiger partial charge in [-0.1, -0.05) is 6.07 Å². The smallest absolute Gasteiger partial charge is 0.274 e. The van der Waals surface area contributed by atoms with E-state index in [0.717, 1.165) is 11.6 Å². The standard InChI is InChI=1S/C16H18N4O3S/c1-9-4-5-11(17-10(2)21)6-12(9)19-16(23)13-7-15(22)20-14(18-13)8-24-3/h4-7H,8H2,1-3H3,(H,17,21)(H,19,23)(H,18,20,22). The highest BCUT2D eigenvalue weighted by Crippen LogP contribution is 2.21. The maximum atomic E-state index is 12.4. The average Bonchev–Trinajstić information content (AvgIpc) is 2.50. The number of rotatable bonds is 5. The van der Waals surface area contributed by atoms with Crippen LogP contribution in [0.5, 0.6) is 0 Å². The van der Waals surface area contributed by atoms with E-state index < -0.39 is 5.91 Å². The van der Waals surface area contributed by atoms with Crippen molar-refractivity contribution in [1.29, 1.82) is 0 Å². The predicted molar refractivity (Wildman–Crippen MR) is 95.5 cm³/mol. The number of aromatic nitrogens is 2. The van der Waals surface area contributed by atoms with E-state index in [-0.39, 0.29) is 17.2 Å². The molecule has 0 aliphatic carbocycles. The molecule has 0 spiro atoms. The van der Waals surface area contributed by atoms with Crippen LogP contribution in [0.4, 0.5) is 11.4 Å². The SMILES string of the molecule is CSCc1nc(C(=O)Nc2cc(NC(C)=O)ccc2C)cc(=O)[nH]1. The van der Waals surface area contributed by atoms with Crippen LogP contribution in [-0.2, 0) is 10.5 Å². The third kappa shape index (κ3) is 4.69. The summed E-state index contributed by atoms with van der Waals surface area (Å²) in [6.07, 6.45) is 1.88. The number of hydrogen-bond donors (Lipinski definition) is 3. The van der Waals surface area contributed by atoms with E-state index in [0.29, 0.717) is 23.0 Å². The van der Waals surface area contributed by atoms with Crippen LogP contribution in [0.2, 0.25) is 0 Å². The Labute approximate surface area is 143 Å². The van der Waals surface area contributed by atoms with Crippen molar-refractivity contribution in [1.82, 2.24) is 9.97 Å². The molecule has 126 valence electrons. The van der Waals surface area contributed by atoms with Crippen molar-refractivity contribution < 1.29 is 9.59 Å². The average molecular weight is 346 g/mol. The molecule has 8 heteroatoms. The molecule has 2 aromatic rings. The fraction of sp³-hybridized carbons (Fsp3) is 0.250. The van der Waals surface area contributed by atoms with Crippen LogP contribution in [0, 0.1) is 6.92 Å². The second-order valence-electron chi connectivity index (χ2n) is 5.18. The number of nitrogens with one attached hydrogen (secondary N) is 3. The fourth-order valence-corrected chi connectivity index (χ4v) is 2.46. The molecule has 0 aliphatic rings. The van der Waals surface area contributed by atoms with Gasteiger partial charge < -0.3 is 15.6 Å². The van der Waals surface area contributed by atoms with E-state index in [1.165, 1.54) is 18.7 Å². The third-order valence-corrected chi connectivity index (χ3v) is 3.67. The molecule has 0 atom stereocenters. The highest BCUT2D eigenvalue weighted by atomic mass is 32.2. The number of H-pyrrole nitrogens is 1. The first kappa shape index (κ1) is 17.7. The number of benzene rings is 1. The first-order valence-corrected chi connectivity index (χ1v) is 8.57. The minimum absolute atomic E-state index is 0.0483. The van der Waals surface area contributed by atoms with Crippen molar-refractivity contribution in [2.75, 3.05) is 16.9 Å². The number of aromatic amines is 1. The van der Waals surface area contributed by atoms with Crippen molar-refractivity contribution in [2.24, 2.45) is 0 Å². The van der Waals surface area contributed by atoms with Crippen LogP contribution in [0.1, 0.15) is 28.8 Å². The van der Waals surface area contributed by atoms with Crippen molar-refractivity contribution >= 4 is 35.0 Å². The van der Waals surface area contributed by atoms with Gasteiger partial charge in [-0.2, -0.15) is 11.8 Å². The lowest BCUT2D eigenvalue weighted by molar-refractivity contribution is -0.114. The molecule has 3 N–H and O–H groups in total. The van der Waals surface area contributed by atoms with Gasteiger partial charge in [-0.3, -0.25) is 14.4 Å². The minimum atomic E-state index is -0.480. The van der Waals surface area contributed by atoms with Gasteiger partial charge in [0.05, 0.1) is 5.75 Å². The van der Waals surface area contributed by atoms with Gasteiger partial charge in [-0.05, 0) is 30.9 Å². The molecule has 0 unspecified atom stereocenters. The van der Waals surface area contributed by atoms with Crippen LogP contribution in [-0.4, -0.2) is 28.0 Å². The quantitative estimate of drug-likeness (QED) is 0.769. The van der Waals surface area contributed by atoms with Crippen molar-refractivity contribution in [3.05, 3.63) is 51.7 Å². The molecule has 0 radical (unpaired) electrons.